The molecule has 2 aliphatic rings. The molecule has 1 aromatic rings. The fourth-order valence-electron chi connectivity index (χ4n) is 2.89. The van der Waals surface area contributed by atoms with Crippen LogP contribution in [0.3, 0.4) is 0 Å². The first-order chi connectivity index (χ1) is 9.63. The maximum atomic E-state index is 12.4. The summed E-state index contributed by atoms with van der Waals surface area (Å²) in [6.07, 6.45) is 5.22. The van der Waals surface area contributed by atoms with E-state index in [1.807, 2.05) is 12.2 Å². The summed E-state index contributed by atoms with van der Waals surface area (Å²) in [6, 6.07) is 4.96. The number of allylic oxidation sites excluding steroid dienone is 2. The molecule has 2 atom stereocenters. The second-order valence-electron chi connectivity index (χ2n) is 5.09. The first-order valence-electron chi connectivity index (χ1n) is 6.60. The van der Waals surface area contributed by atoms with Crippen LogP contribution in [-0.2, 0) is 9.59 Å². The number of nitrogens with two attached hydrogens (primary N) is 1. The van der Waals surface area contributed by atoms with Crippen LogP contribution in [0, 0.1) is 11.8 Å². The Balaban J connectivity index is 1.98. The first kappa shape index (κ1) is 12.7. The number of carbonyl (C=O) groups excluding carboxylic acids is 2. The molecule has 0 bridgehead atoms. The molecule has 1 saturated heterocycles. The van der Waals surface area contributed by atoms with Crippen LogP contribution in [0.5, 0.6) is 5.75 Å². The Morgan fingerprint density at radius 1 is 1.15 bits per heavy atom. The number of ether oxygens (including phenoxy) is 1. The fraction of sp³-hybridized carbons (Fsp3) is 0.333. The number of benzene rings is 1. The van der Waals surface area contributed by atoms with Crippen molar-refractivity contribution in [2.45, 2.75) is 12.8 Å². The van der Waals surface area contributed by atoms with E-state index in [-0.39, 0.29) is 23.7 Å². The molecule has 1 aromatic carbocycles. The number of carbonyl (C=O) groups is 2. The molecule has 1 aliphatic heterocycles. The smallest absolute Gasteiger partial charge is 0.238 e. The van der Waals surface area contributed by atoms with Crippen molar-refractivity contribution < 1.29 is 14.3 Å². The van der Waals surface area contributed by atoms with Crippen molar-refractivity contribution in [2.75, 3.05) is 17.7 Å². The molecule has 104 valence electrons. The number of hydrogen-bond acceptors (Lipinski definition) is 4. The van der Waals surface area contributed by atoms with Gasteiger partial charge in [-0.25, -0.2) is 4.90 Å². The summed E-state index contributed by atoms with van der Waals surface area (Å²) < 4.78 is 5.15. The van der Waals surface area contributed by atoms with Crippen LogP contribution in [0.25, 0.3) is 0 Å². The van der Waals surface area contributed by atoms with Gasteiger partial charge < -0.3 is 10.5 Å². The third-order valence-electron chi connectivity index (χ3n) is 3.98. The Kier molecular flexibility index (Phi) is 2.97. The Labute approximate surface area is 117 Å². The molecule has 20 heavy (non-hydrogen) atoms. The summed E-state index contributed by atoms with van der Waals surface area (Å²) in [4.78, 5) is 26.1. The quantitative estimate of drug-likeness (QED) is 0.505. The van der Waals surface area contributed by atoms with Crippen LogP contribution in [0.4, 0.5) is 11.4 Å². The highest BCUT2D eigenvalue weighted by molar-refractivity contribution is 6.22. The molecule has 5 heteroatoms. The van der Waals surface area contributed by atoms with Crippen LogP contribution in [0.2, 0.25) is 0 Å². The van der Waals surface area contributed by atoms with E-state index in [0.717, 1.165) is 0 Å². The average Bonchev–Trinajstić information content (AvgIpc) is 2.72. The fourth-order valence-corrected chi connectivity index (χ4v) is 2.89. The van der Waals surface area contributed by atoms with Crippen LogP contribution >= 0.6 is 0 Å². The summed E-state index contributed by atoms with van der Waals surface area (Å²) in [5.74, 6) is -0.240. The largest absolute Gasteiger partial charge is 0.495 e. The molecule has 1 aliphatic carbocycles. The average molecular weight is 272 g/mol. The topological polar surface area (TPSA) is 72.6 Å². The van der Waals surface area contributed by atoms with Gasteiger partial charge in [0.2, 0.25) is 11.8 Å². The van der Waals surface area contributed by atoms with Gasteiger partial charge in [0.1, 0.15) is 5.75 Å². The van der Waals surface area contributed by atoms with E-state index in [1.165, 1.54) is 12.0 Å². The molecule has 0 aromatic heterocycles. The van der Waals surface area contributed by atoms with Gasteiger partial charge in [-0.3, -0.25) is 9.59 Å². The van der Waals surface area contributed by atoms with Crippen LogP contribution in [0.15, 0.2) is 30.4 Å². The summed E-state index contributed by atoms with van der Waals surface area (Å²) in [6.45, 7) is 0. The van der Waals surface area contributed by atoms with Crippen molar-refractivity contribution in [2.24, 2.45) is 11.8 Å². The van der Waals surface area contributed by atoms with E-state index in [9.17, 15) is 9.59 Å². The van der Waals surface area contributed by atoms with Gasteiger partial charge in [-0.05, 0) is 25.0 Å². The SMILES string of the molecule is COc1cc(N2C(=O)[C@H]3CC=CC[C@H]3C2=O)ccc1N. The molecular formula is C15H16N2O3. The molecule has 0 saturated carbocycles. The molecule has 0 spiro atoms. The van der Waals surface area contributed by atoms with Gasteiger partial charge in [0.25, 0.3) is 0 Å². The monoisotopic (exact) mass is 272 g/mol. The van der Waals surface area contributed by atoms with Crippen LogP contribution in [0.1, 0.15) is 12.8 Å². The summed E-state index contributed by atoms with van der Waals surface area (Å²) in [5, 5.41) is 0. The van der Waals surface area contributed by atoms with Crippen LogP contribution < -0.4 is 15.4 Å². The van der Waals surface area contributed by atoms with Gasteiger partial charge in [-0.1, -0.05) is 12.2 Å². The lowest BCUT2D eigenvalue weighted by atomic mass is 9.85. The molecule has 3 rings (SSSR count). The number of nitrogen functional groups attached to an aromatic ring is 1. The van der Waals surface area contributed by atoms with Gasteiger partial charge in [0, 0.05) is 6.07 Å². The first-order valence-corrected chi connectivity index (χ1v) is 6.60. The molecule has 0 radical (unpaired) electrons. The molecule has 1 fully saturated rings. The number of nitrogens with zero attached hydrogens (tertiary/aromatic N) is 1. The number of anilines is 2. The van der Waals surface area contributed by atoms with E-state index in [0.29, 0.717) is 30.0 Å². The van der Waals surface area contributed by atoms with Crippen molar-refractivity contribution in [1.82, 2.24) is 0 Å². The number of methoxy groups -OCH3 is 1. The number of fused-ring (bicyclic) bond motifs is 1. The number of rotatable bonds is 2. The zero-order valence-corrected chi connectivity index (χ0v) is 11.2. The molecule has 2 amide bonds. The normalized spacial score (nSPS) is 24.9. The highest BCUT2D eigenvalue weighted by Crippen LogP contribution is 2.39. The lowest BCUT2D eigenvalue weighted by Crippen LogP contribution is -2.30. The highest BCUT2D eigenvalue weighted by Gasteiger charge is 2.47. The van der Waals surface area contributed by atoms with Gasteiger partial charge in [0.15, 0.2) is 0 Å². The minimum absolute atomic E-state index is 0.129. The highest BCUT2D eigenvalue weighted by atomic mass is 16.5. The summed E-state index contributed by atoms with van der Waals surface area (Å²) in [5.41, 5.74) is 6.77. The standard InChI is InChI=1S/C15H16N2O3/c1-20-13-8-9(6-7-12(13)16)17-14(18)10-4-2-3-5-11(10)15(17)19/h2-3,6-8,10-11H,4-5,16H2,1H3/t10-,11+. The van der Waals surface area contributed by atoms with Crippen molar-refractivity contribution >= 4 is 23.2 Å². The van der Waals surface area contributed by atoms with Crippen molar-refractivity contribution in [3.05, 3.63) is 30.4 Å². The Hall–Kier alpha value is -2.30. The number of amides is 2. The van der Waals surface area contributed by atoms with Crippen molar-refractivity contribution in [1.29, 1.82) is 0 Å². The van der Waals surface area contributed by atoms with Gasteiger partial charge in [-0.2, -0.15) is 0 Å². The minimum atomic E-state index is -0.226. The van der Waals surface area contributed by atoms with E-state index in [4.69, 9.17) is 10.5 Å². The van der Waals surface area contributed by atoms with Gasteiger partial charge in [-0.15, -0.1) is 0 Å². The molecule has 0 unspecified atom stereocenters. The Morgan fingerprint density at radius 3 is 2.30 bits per heavy atom. The Morgan fingerprint density at radius 2 is 1.75 bits per heavy atom. The maximum absolute atomic E-state index is 12.4. The number of imide groups is 1. The van der Waals surface area contributed by atoms with Gasteiger partial charge >= 0.3 is 0 Å². The zero-order valence-electron chi connectivity index (χ0n) is 11.2. The number of hydrogen-bond donors (Lipinski definition) is 1. The lowest BCUT2D eigenvalue weighted by Gasteiger charge is -2.16. The summed E-state index contributed by atoms with van der Waals surface area (Å²) >= 11 is 0. The second kappa shape index (κ2) is 4.67. The third-order valence-corrected chi connectivity index (χ3v) is 3.98. The third kappa shape index (κ3) is 1.78. The molecule has 1 heterocycles. The lowest BCUT2D eigenvalue weighted by molar-refractivity contribution is -0.122. The molecule has 5 nitrogen and oxygen atoms in total. The molecule has 2 N–H and O–H groups in total. The van der Waals surface area contributed by atoms with Crippen molar-refractivity contribution in [3.63, 3.8) is 0 Å². The predicted molar refractivity (Wildman–Crippen MR) is 75.3 cm³/mol. The maximum Gasteiger partial charge on any atom is 0.238 e. The molecular weight excluding hydrogens is 256 g/mol. The zero-order chi connectivity index (χ0) is 14.3. The minimum Gasteiger partial charge on any atom is -0.495 e. The summed E-state index contributed by atoms with van der Waals surface area (Å²) in [7, 11) is 1.51. The second-order valence-corrected chi connectivity index (χ2v) is 5.09. The van der Waals surface area contributed by atoms with Gasteiger partial charge in [0.05, 0.1) is 30.3 Å². The van der Waals surface area contributed by atoms with Crippen LogP contribution in [-0.4, -0.2) is 18.9 Å². The Bertz CT molecular complexity index is 583. The van der Waals surface area contributed by atoms with E-state index < -0.39 is 0 Å². The predicted octanol–water partition coefficient (Wildman–Crippen LogP) is 1.73. The van der Waals surface area contributed by atoms with Crippen molar-refractivity contribution in [3.8, 4) is 5.75 Å². The van der Waals surface area contributed by atoms with E-state index in [1.54, 1.807) is 18.2 Å². The van der Waals surface area contributed by atoms with E-state index >= 15 is 0 Å². The van der Waals surface area contributed by atoms with E-state index in [2.05, 4.69) is 0 Å².